The van der Waals surface area contributed by atoms with E-state index in [-0.39, 0.29) is 17.1 Å². The van der Waals surface area contributed by atoms with Gasteiger partial charge in [-0.2, -0.15) is 0 Å². The topological polar surface area (TPSA) is 37.4 Å². The molecule has 5 heteroatoms. The van der Waals surface area contributed by atoms with Gasteiger partial charge >= 0.3 is 99.9 Å². The number of hydrogen-bond donors (Lipinski definition) is 0. The summed E-state index contributed by atoms with van der Waals surface area (Å²) in [5.41, 5.74) is 0. The second kappa shape index (κ2) is 5.34. The fourth-order valence-electron chi connectivity index (χ4n) is 1.24. The molecule has 0 saturated carbocycles. The Morgan fingerprint density at radius 2 is 2.29 bits per heavy atom. The summed E-state index contributed by atoms with van der Waals surface area (Å²) in [6, 6.07) is 0. The Morgan fingerprint density at radius 1 is 1.64 bits per heavy atom. The third-order valence-corrected chi connectivity index (χ3v) is 5.66. The third-order valence-electron chi connectivity index (χ3n) is 2.19. The molecule has 0 bridgehead atoms. The first kappa shape index (κ1) is 12.3. The first-order chi connectivity index (χ1) is 6.60. The van der Waals surface area contributed by atoms with Gasteiger partial charge < -0.3 is 0 Å². The summed E-state index contributed by atoms with van der Waals surface area (Å²) in [5, 5.41) is 0.365. The van der Waals surface area contributed by atoms with Gasteiger partial charge in [0.05, 0.1) is 0 Å². The van der Waals surface area contributed by atoms with Crippen LogP contribution < -0.4 is 21.5 Å². The number of imide groups is 1. The summed E-state index contributed by atoms with van der Waals surface area (Å²) in [7, 11) is 0. The third kappa shape index (κ3) is 2.62. The minimum atomic E-state index is -0.413. The normalized spacial score (nSPS) is 24.8. The van der Waals surface area contributed by atoms with Crippen LogP contribution >= 0.6 is 11.8 Å². The van der Waals surface area contributed by atoms with Crippen LogP contribution in [0.15, 0.2) is 0 Å². The fraction of sp³-hybridized carbons (Fsp3) is 0.778. The molecule has 0 N–H and O–H groups in total. The molecule has 0 aromatic heterocycles. The van der Waals surface area contributed by atoms with Crippen molar-refractivity contribution in [2.45, 2.75) is 37.2 Å². The van der Waals surface area contributed by atoms with Crippen LogP contribution in [0.1, 0.15) is 26.7 Å². The molecular weight excluding hydrogens is 313 g/mol. The number of amides is 2. The van der Waals surface area contributed by atoms with Crippen LogP contribution in [0.2, 0.25) is 0 Å². The van der Waals surface area contributed by atoms with E-state index in [1.165, 1.54) is 3.11 Å². The molecular formula is C9H15INO2S-. The zero-order chi connectivity index (χ0) is 10.7. The molecule has 0 aromatic rings. The standard InChI is InChI=1S/C9H15INO2S/c1-4-6(2)14-7-5-8(12)11(10-3)9(7)13/h6-7H,4-5H2,1-3H3/q-1. The van der Waals surface area contributed by atoms with Crippen LogP contribution in [0.25, 0.3) is 0 Å². The SMILES string of the molecule is CCC(C)SC1CC(=O)N([I-]C)C1=O. The molecule has 1 fully saturated rings. The number of carbonyl (C=O) groups excluding carboxylic acids is 2. The number of thioether (sulfide) groups is 1. The van der Waals surface area contributed by atoms with Gasteiger partial charge in [-0.3, -0.25) is 0 Å². The van der Waals surface area contributed by atoms with E-state index in [0.717, 1.165) is 6.42 Å². The van der Waals surface area contributed by atoms with E-state index >= 15 is 0 Å². The van der Waals surface area contributed by atoms with Crippen LogP contribution in [0.4, 0.5) is 0 Å². The van der Waals surface area contributed by atoms with E-state index in [2.05, 4.69) is 13.8 Å². The maximum atomic E-state index is 11.7. The molecule has 0 spiro atoms. The van der Waals surface area contributed by atoms with Gasteiger partial charge in [-0.25, -0.2) is 0 Å². The summed E-state index contributed by atoms with van der Waals surface area (Å²) in [5.74, 6) is 0.0849. The Balaban J connectivity index is 2.58. The Labute approximate surface area is 99.6 Å². The Hall–Kier alpha value is 0.220. The Morgan fingerprint density at radius 3 is 2.71 bits per heavy atom. The summed E-state index contributed by atoms with van der Waals surface area (Å²) in [6.45, 7) is 4.20. The molecule has 1 aliphatic rings. The van der Waals surface area contributed by atoms with Gasteiger partial charge in [-0.1, -0.05) is 0 Å². The average Bonchev–Trinajstić information content (AvgIpc) is 2.42. The van der Waals surface area contributed by atoms with Crippen LogP contribution in [0.5, 0.6) is 0 Å². The number of rotatable bonds is 4. The summed E-state index contributed by atoms with van der Waals surface area (Å²) < 4.78 is 1.47. The van der Waals surface area contributed by atoms with Crippen LogP contribution in [-0.4, -0.2) is 30.4 Å². The van der Waals surface area contributed by atoms with Crippen molar-refractivity contribution in [1.29, 1.82) is 0 Å². The van der Waals surface area contributed by atoms with Gasteiger partial charge in [-0.15, -0.1) is 0 Å². The molecule has 2 unspecified atom stereocenters. The predicted molar refractivity (Wildman–Crippen MR) is 53.5 cm³/mol. The number of alkyl halides is 1. The Kier molecular flexibility index (Phi) is 4.69. The minimum absolute atomic E-state index is 0.0334. The van der Waals surface area contributed by atoms with Crippen molar-refractivity contribution in [3.63, 3.8) is 0 Å². The van der Waals surface area contributed by atoms with E-state index in [4.69, 9.17) is 0 Å². The van der Waals surface area contributed by atoms with E-state index in [9.17, 15) is 9.59 Å². The van der Waals surface area contributed by atoms with E-state index in [0.29, 0.717) is 11.7 Å². The van der Waals surface area contributed by atoms with Crippen molar-refractivity contribution in [1.82, 2.24) is 3.11 Å². The average molecular weight is 328 g/mol. The number of hydrogen-bond acceptors (Lipinski definition) is 3. The van der Waals surface area contributed by atoms with Crippen molar-refractivity contribution >= 4 is 23.6 Å². The second-order valence-electron chi connectivity index (χ2n) is 3.23. The molecule has 3 nitrogen and oxygen atoms in total. The maximum absolute atomic E-state index is 11.7. The number of halogens is 1. The molecule has 1 heterocycles. The van der Waals surface area contributed by atoms with Crippen molar-refractivity contribution in [2.75, 3.05) is 4.93 Å². The molecule has 82 valence electrons. The van der Waals surface area contributed by atoms with E-state index < -0.39 is 21.5 Å². The van der Waals surface area contributed by atoms with Crippen LogP contribution in [0.3, 0.4) is 0 Å². The molecule has 0 aromatic carbocycles. The summed E-state index contributed by atoms with van der Waals surface area (Å²) >= 11 is 1.23. The van der Waals surface area contributed by atoms with Gasteiger partial charge in [0.25, 0.3) is 0 Å². The first-order valence-electron chi connectivity index (χ1n) is 4.62. The molecule has 0 radical (unpaired) electrons. The van der Waals surface area contributed by atoms with Gasteiger partial charge in [0, 0.05) is 0 Å². The van der Waals surface area contributed by atoms with Crippen molar-refractivity contribution < 1.29 is 31.1 Å². The molecule has 1 aliphatic heterocycles. The molecule has 1 rings (SSSR count). The van der Waals surface area contributed by atoms with Crippen molar-refractivity contribution in [3.05, 3.63) is 0 Å². The second-order valence-corrected chi connectivity index (χ2v) is 6.81. The molecule has 2 atom stereocenters. The van der Waals surface area contributed by atoms with Gasteiger partial charge in [0.1, 0.15) is 0 Å². The van der Waals surface area contributed by atoms with Crippen LogP contribution in [-0.2, 0) is 9.59 Å². The summed E-state index contributed by atoms with van der Waals surface area (Å²) in [6.07, 6.45) is 1.46. The Bertz CT molecular complexity index is 247. The van der Waals surface area contributed by atoms with Gasteiger partial charge in [0.15, 0.2) is 0 Å². The fourth-order valence-corrected chi connectivity index (χ4v) is 4.19. The monoisotopic (exact) mass is 328 g/mol. The van der Waals surface area contributed by atoms with Gasteiger partial charge in [-0.05, 0) is 0 Å². The van der Waals surface area contributed by atoms with E-state index in [1.807, 2.05) is 4.93 Å². The summed E-state index contributed by atoms with van der Waals surface area (Å²) in [4.78, 5) is 25.1. The zero-order valence-electron chi connectivity index (χ0n) is 8.62. The molecule has 1 saturated heterocycles. The van der Waals surface area contributed by atoms with Crippen LogP contribution in [0, 0.1) is 0 Å². The van der Waals surface area contributed by atoms with Crippen molar-refractivity contribution in [2.24, 2.45) is 0 Å². The molecule has 14 heavy (non-hydrogen) atoms. The first-order valence-corrected chi connectivity index (χ1v) is 8.68. The molecule has 0 aliphatic carbocycles. The number of carbonyl (C=O) groups is 2. The van der Waals surface area contributed by atoms with Crippen molar-refractivity contribution in [3.8, 4) is 0 Å². The van der Waals surface area contributed by atoms with Gasteiger partial charge in [0.2, 0.25) is 0 Å². The predicted octanol–water partition coefficient (Wildman–Crippen LogP) is -1.72. The molecule has 2 amide bonds. The van der Waals surface area contributed by atoms with E-state index in [1.54, 1.807) is 11.8 Å². The quantitative estimate of drug-likeness (QED) is 0.267. The number of nitrogens with zero attached hydrogens (tertiary/aromatic N) is 1. The zero-order valence-corrected chi connectivity index (χ0v) is 11.6.